The van der Waals surface area contributed by atoms with Crippen molar-refractivity contribution < 1.29 is 4.79 Å². The quantitative estimate of drug-likeness (QED) is 0.827. The molecule has 1 aliphatic heterocycles. The third-order valence-corrected chi connectivity index (χ3v) is 4.98. The molecule has 2 aliphatic rings. The molecule has 1 atom stereocenters. The fourth-order valence-corrected chi connectivity index (χ4v) is 3.85. The number of carbonyl (C=O) groups is 1. The van der Waals surface area contributed by atoms with Gasteiger partial charge in [-0.2, -0.15) is 11.3 Å². The first-order chi connectivity index (χ1) is 9.29. The number of hydrogen-bond donors (Lipinski definition) is 0. The van der Waals surface area contributed by atoms with E-state index in [0.717, 1.165) is 13.1 Å². The van der Waals surface area contributed by atoms with Crippen molar-refractivity contribution in [3.63, 3.8) is 0 Å². The summed E-state index contributed by atoms with van der Waals surface area (Å²) in [7, 11) is 0. The Labute approximate surface area is 119 Å². The van der Waals surface area contributed by atoms with Crippen LogP contribution in [0.1, 0.15) is 44.2 Å². The monoisotopic (exact) mass is 278 g/mol. The van der Waals surface area contributed by atoms with E-state index in [0.29, 0.717) is 24.5 Å². The number of rotatable bonds is 5. The number of hydrogen-bond acceptors (Lipinski definition) is 3. The molecule has 0 radical (unpaired) electrons. The molecule has 0 bridgehead atoms. The summed E-state index contributed by atoms with van der Waals surface area (Å²) in [6.07, 6.45) is 4.81. The predicted molar refractivity (Wildman–Crippen MR) is 78.3 cm³/mol. The third-order valence-electron chi connectivity index (χ3n) is 4.28. The van der Waals surface area contributed by atoms with E-state index >= 15 is 0 Å². The standard InChI is InChI=1S/C15H22N2OS/c1-2-17(13-5-6-13)15(18)10-16-8-3-4-14(16)12-7-9-19-11-12/h7,9,11,13-14H,2-6,8,10H2,1H3. The Hall–Kier alpha value is -0.870. The van der Waals surface area contributed by atoms with Crippen molar-refractivity contribution in [1.29, 1.82) is 0 Å². The average molecular weight is 278 g/mol. The fourth-order valence-electron chi connectivity index (χ4n) is 3.15. The number of nitrogens with zero attached hydrogens (tertiary/aromatic N) is 2. The van der Waals surface area contributed by atoms with Crippen LogP contribution in [0, 0.1) is 0 Å². The van der Waals surface area contributed by atoms with Crippen LogP contribution < -0.4 is 0 Å². The van der Waals surface area contributed by atoms with E-state index in [2.05, 4.69) is 33.6 Å². The number of carbonyl (C=O) groups excluding carboxylic acids is 1. The maximum atomic E-state index is 12.4. The van der Waals surface area contributed by atoms with E-state index in [9.17, 15) is 4.79 Å². The second kappa shape index (κ2) is 5.63. The average Bonchev–Trinajstić information content (AvgIpc) is 2.92. The molecule has 3 nitrogen and oxygen atoms in total. The van der Waals surface area contributed by atoms with E-state index in [1.807, 2.05) is 0 Å². The highest BCUT2D eigenvalue weighted by Gasteiger charge is 2.34. The Bertz CT molecular complexity index is 427. The maximum absolute atomic E-state index is 12.4. The van der Waals surface area contributed by atoms with Crippen molar-refractivity contribution >= 4 is 17.2 Å². The van der Waals surface area contributed by atoms with Gasteiger partial charge in [-0.3, -0.25) is 9.69 Å². The molecule has 0 N–H and O–H groups in total. The SMILES string of the molecule is CCN(C(=O)CN1CCCC1c1ccsc1)C1CC1. The largest absolute Gasteiger partial charge is 0.339 e. The summed E-state index contributed by atoms with van der Waals surface area (Å²) in [4.78, 5) is 16.9. The van der Waals surface area contributed by atoms with Crippen LogP contribution in [0.2, 0.25) is 0 Å². The minimum Gasteiger partial charge on any atom is -0.339 e. The minimum atomic E-state index is 0.326. The van der Waals surface area contributed by atoms with E-state index in [-0.39, 0.29) is 0 Å². The molecule has 1 aliphatic carbocycles. The van der Waals surface area contributed by atoms with Gasteiger partial charge < -0.3 is 4.90 Å². The van der Waals surface area contributed by atoms with Gasteiger partial charge in [0.1, 0.15) is 0 Å². The summed E-state index contributed by atoms with van der Waals surface area (Å²) in [6.45, 7) is 4.62. The summed E-state index contributed by atoms with van der Waals surface area (Å²) < 4.78 is 0. The predicted octanol–water partition coefficient (Wildman–Crippen LogP) is 2.90. The lowest BCUT2D eigenvalue weighted by Crippen LogP contribution is -2.41. The Morgan fingerprint density at radius 1 is 1.47 bits per heavy atom. The first kappa shape index (κ1) is 13.1. The Balaban J connectivity index is 1.63. The zero-order valence-electron chi connectivity index (χ0n) is 11.5. The first-order valence-corrected chi connectivity index (χ1v) is 8.29. The second-order valence-corrected chi connectivity index (χ2v) is 6.38. The molecule has 19 heavy (non-hydrogen) atoms. The van der Waals surface area contributed by atoms with Crippen LogP contribution in [-0.2, 0) is 4.79 Å². The van der Waals surface area contributed by atoms with Gasteiger partial charge >= 0.3 is 0 Å². The zero-order valence-corrected chi connectivity index (χ0v) is 12.4. The molecule has 104 valence electrons. The molecular formula is C15H22N2OS. The van der Waals surface area contributed by atoms with Gasteiger partial charge in [-0.25, -0.2) is 0 Å². The molecule has 0 spiro atoms. The molecule has 1 saturated carbocycles. The fraction of sp³-hybridized carbons (Fsp3) is 0.667. The summed E-state index contributed by atoms with van der Waals surface area (Å²) >= 11 is 1.75. The number of likely N-dealkylation sites (tertiary alicyclic amines) is 1. The molecule has 2 heterocycles. The van der Waals surface area contributed by atoms with Crippen molar-refractivity contribution in [2.75, 3.05) is 19.6 Å². The van der Waals surface area contributed by atoms with Gasteiger partial charge in [0.2, 0.25) is 5.91 Å². The van der Waals surface area contributed by atoms with Crippen LogP contribution in [0.3, 0.4) is 0 Å². The van der Waals surface area contributed by atoms with Crippen molar-refractivity contribution in [1.82, 2.24) is 9.80 Å². The lowest BCUT2D eigenvalue weighted by molar-refractivity contribution is -0.133. The van der Waals surface area contributed by atoms with Gasteiger partial charge in [0, 0.05) is 18.6 Å². The molecule has 1 saturated heterocycles. The van der Waals surface area contributed by atoms with Gasteiger partial charge in [0.05, 0.1) is 6.54 Å². The topological polar surface area (TPSA) is 23.6 Å². The zero-order chi connectivity index (χ0) is 13.2. The highest BCUT2D eigenvalue weighted by molar-refractivity contribution is 7.07. The van der Waals surface area contributed by atoms with Gasteiger partial charge in [-0.05, 0) is 61.5 Å². The van der Waals surface area contributed by atoms with Gasteiger partial charge in [0.15, 0.2) is 0 Å². The summed E-state index contributed by atoms with van der Waals surface area (Å²) in [5.74, 6) is 0.326. The van der Waals surface area contributed by atoms with Crippen LogP contribution in [0.4, 0.5) is 0 Å². The van der Waals surface area contributed by atoms with E-state index in [4.69, 9.17) is 0 Å². The van der Waals surface area contributed by atoms with E-state index in [1.165, 1.54) is 31.2 Å². The summed E-state index contributed by atoms with van der Waals surface area (Å²) in [6, 6.07) is 3.21. The lowest BCUT2D eigenvalue weighted by atomic mass is 10.1. The van der Waals surface area contributed by atoms with Crippen LogP contribution >= 0.6 is 11.3 Å². The van der Waals surface area contributed by atoms with Gasteiger partial charge in [0.25, 0.3) is 0 Å². The lowest BCUT2D eigenvalue weighted by Gasteiger charge is -2.27. The van der Waals surface area contributed by atoms with Crippen molar-refractivity contribution in [2.24, 2.45) is 0 Å². The Kier molecular flexibility index (Phi) is 3.89. The third kappa shape index (κ3) is 2.84. The van der Waals surface area contributed by atoms with E-state index < -0.39 is 0 Å². The summed E-state index contributed by atoms with van der Waals surface area (Å²) in [5.41, 5.74) is 1.39. The highest BCUT2D eigenvalue weighted by Crippen LogP contribution is 2.33. The summed E-state index contributed by atoms with van der Waals surface area (Å²) in [5, 5.41) is 4.36. The first-order valence-electron chi connectivity index (χ1n) is 7.35. The number of thiophene rings is 1. The Morgan fingerprint density at radius 2 is 2.32 bits per heavy atom. The van der Waals surface area contributed by atoms with Gasteiger partial charge in [-0.15, -0.1) is 0 Å². The van der Waals surface area contributed by atoms with Crippen molar-refractivity contribution in [3.05, 3.63) is 22.4 Å². The molecule has 1 aromatic rings. The molecule has 4 heteroatoms. The molecule has 1 unspecified atom stereocenters. The van der Waals surface area contributed by atoms with E-state index in [1.54, 1.807) is 11.3 Å². The molecule has 1 amide bonds. The van der Waals surface area contributed by atoms with Crippen LogP contribution in [0.15, 0.2) is 16.8 Å². The highest BCUT2D eigenvalue weighted by atomic mass is 32.1. The maximum Gasteiger partial charge on any atom is 0.237 e. The molecule has 2 fully saturated rings. The normalized spacial score (nSPS) is 23.7. The number of likely N-dealkylation sites (N-methyl/N-ethyl adjacent to an activating group) is 1. The molecular weight excluding hydrogens is 256 g/mol. The molecule has 3 rings (SSSR count). The van der Waals surface area contributed by atoms with Crippen molar-refractivity contribution in [3.8, 4) is 0 Å². The Morgan fingerprint density at radius 3 is 2.95 bits per heavy atom. The number of amides is 1. The smallest absolute Gasteiger partial charge is 0.237 e. The van der Waals surface area contributed by atoms with Crippen LogP contribution in [-0.4, -0.2) is 41.4 Å². The van der Waals surface area contributed by atoms with Crippen LogP contribution in [0.5, 0.6) is 0 Å². The minimum absolute atomic E-state index is 0.326. The van der Waals surface area contributed by atoms with Gasteiger partial charge in [-0.1, -0.05) is 0 Å². The second-order valence-electron chi connectivity index (χ2n) is 5.60. The van der Waals surface area contributed by atoms with Crippen LogP contribution in [0.25, 0.3) is 0 Å². The van der Waals surface area contributed by atoms with Crippen molar-refractivity contribution in [2.45, 2.75) is 44.7 Å². The molecule has 0 aromatic carbocycles. The molecule has 1 aromatic heterocycles.